The van der Waals surface area contributed by atoms with Crippen molar-refractivity contribution in [2.24, 2.45) is 4.99 Å². The van der Waals surface area contributed by atoms with E-state index in [1.165, 1.54) is 0 Å². The van der Waals surface area contributed by atoms with E-state index in [9.17, 15) is 0 Å². The lowest BCUT2D eigenvalue weighted by atomic mass is 10.5. The summed E-state index contributed by atoms with van der Waals surface area (Å²) in [6.07, 6.45) is 2.50. The number of ether oxygens (including phenoxy) is 1. The normalized spacial score (nSPS) is 7.71. The average molecular weight is 268 g/mol. The molecule has 0 atom stereocenters. The zero-order valence-corrected chi connectivity index (χ0v) is 12.7. The van der Waals surface area contributed by atoms with Crippen LogP contribution >= 0.6 is 11.8 Å². The molecule has 0 saturated heterocycles. The van der Waals surface area contributed by atoms with Crippen molar-refractivity contribution in [1.29, 1.82) is 0 Å². The van der Waals surface area contributed by atoms with E-state index in [-0.39, 0.29) is 14.9 Å². The molecule has 0 aliphatic rings. The van der Waals surface area contributed by atoms with Gasteiger partial charge in [-0.2, -0.15) is 11.8 Å². The Morgan fingerprint density at radius 3 is 1.24 bits per heavy atom. The Balaban J connectivity index is -0.0000000400. The molecule has 0 amide bonds. The second kappa shape index (κ2) is 25.0. The first-order valence-corrected chi connectivity index (χ1v) is 6.56. The molecule has 0 aliphatic heterocycles. The smallest absolute Gasteiger partial charge is 0.0515 e. The van der Waals surface area contributed by atoms with Crippen molar-refractivity contribution in [3.8, 4) is 0 Å². The summed E-state index contributed by atoms with van der Waals surface area (Å²) in [6, 6.07) is 0. The lowest BCUT2D eigenvalue weighted by Crippen LogP contribution is -1.94. The van der Waals surface area contributed by atoms with Gasteiger partial charge in [0.25, 0.3) is 0 Å². The molecule has 0 N–H and O–H groups in total. The second-order valence-electron chi connectivity index (χ2n) is 3.74. The van der Waals surface area contributed by atoms with E-state index in [4.69, 9.17) is 4.74 Å². The maximum Gasteiger partial charge on any atom is 0.0515 e. The lowest BCUT2D eigenvalue weighted by molar-refractivity contribution is 0.134. The number of thioether (sulfide) groups is 1. The van der Waals surface area contributed by atoms with Crippen LogP contribution in [0.3, 0.4) is 0 Å². The van der Waals surface area contributed by atoms with Crippen LogP contribution in [-0.4, -0.2) is 37.5 Å². The van der Waals surface area contributed by atoms with Crippen LogP contribution in [0, 0.1) is 0 Å². The van der Waals surface area contributed by atoms with Gasteiger partial charge >= 0.3 is 0 Å². The number of methoxy groups -OCH3 is 1. The number of hydrogen-bond acceptors (Lipinski definition) is 3. The SMILES string of the molecule is C.C.CN=C(C)C.COC(C)C.CSC(C)C. The Bertz CT molecular complexity index is 122. The maximum absolute atomic E-state index is 4.75. The fourth-order valence-corrected chi connectivity index (χ4v) is 0. The van der Waals surface area contributed by atoms with E-state index in [1.807, 2.05) is 39.5 Å². The molecule has 0 aliphatic carbocycles. The predicted molar refractivity (Wildman–Crippen MR) is 89.0 cm³/mol. The molecule has 0 spiro atoms. The Morgan fingerprint density at radius 1 is 1.06 bits per heavy atom. The van der Waals surface area contributed by atoms with E-state index in [2.05, 4.69) is 25.1 Å². The fraction of sp³-hybridized carbons (Fsp3) is 0.929. The highest BCUT2D eigenvalue weighted by molar-refractivity contribution is 7.99. The van der Waals surface area contributed by atoms with Crippen molar-refractivity contribution in [3.05, 3.63) is 0 Å². The molecule has 0 heterocycles. The number of aliphatic imine (C=N–C) groups is 1. The quantitative estimate of drug-likeness (QED) is 0.644. The minimum absolute atomic E-state index is 0. The van der Waals surface area contributed by atoms with Gasteiger partial charge < -0.3 is 4.74 Å². The molecule has 0 aromatic carbocycles. The van der Waals surface area contributed by atoms with Crippen LogP contribution in [0.5, 0.6) is 0 Å². The predicted octanol–water partition coefficient (Wildman–Crippen LogP) is 5.17. The molecule has 0 radical (unpaired) electrons. The zero-order valence-electron chi connectivity index (χ0n) is 11.9. The van der Waals surface area contributed by atoms with Gasteiger partial charge in [0, 0.05) is 19.9 Å². The van der Waals surface area contributed by atoms with Gasteiger partial charge in [-0.15, -0.1) is 0 Å². The largest absolute Gasteiger partial charge is 0.382 e. The van der Waals surface area contributed by atoms with Crippen LogP contribution < -0.4 is 0 Å². The second-order valence-corrected chi connectivity index (χ2v) is 5.15. The van der Waals surface area contributed by atoms with E-state index in [1.54, 1.807) is 14.2 Å². The third-order valence-electron chi connectivity index (χ3n) is 1.39. The molecule has 0 unspecified atom stereocenters. The summed E-state index contributed by atoms with van der Waals surface area (Å²) in [6.45, 7) is 12.3. The van der Waals surface area contributed by atoms with Crippen molar-refractivity contribution in [3.63, 3.8) is 0 Å². The Kier molecular flexibility index (Phi) is 44.4. The first-order valence-electron chi connectivity index (χ1n) is 5.27. The monoisotopic (exact) mass is 267 g/mol. The summed E-state index contributed by atoms with van der Waals surface area (Å²) in [5.41, 5.74) is 1.13. The maximum atomic E-state index is 4.75. The first kappa shape index (κ1) is 30.2. The molecular weight excluding hydrogens is 230 g/mol. The number of hydrogen-bond donors (Lipinski definition) is 0. The molecule has 0 rings (SSSR count). The topological polar surface area (TPSA) is 21.6 Å². The Hall–Kier alpha value is -0.0200. The lowest BCUT2D eigenvalue weighted by Gasteiger charge is -1.94. The standard InChI is InChI=1S/C4H9N.C4H10O.C4H10S.2CH4/c3*1-4(2)5-3;;/h1-3H3;2*4H,1-3H3;2*1H4. The average Bonchev–Trinajstić information content (AvgIpc) is 2.19. The summed E-state index contributed by atoms with van der Waals surface area (Å²) in [4.78, 5) is 3.81. The molecule has 110 valence electrons. The van der Waals surface area contributed by atoms with Crippen molar-refractivity contribution in [2.45, 2.75) is 67.7 Å². The number of nitrogens with zero attached hydrogens (tertiary/aromatic N) is 1. The summed E-state index contributed by atoms with van der Waals surface area (Å²) in [5, 5.41) is 0.801. The highest BCUT2D eigenvalue weighted by atomic mass is 32.2. The third-order valence-corrected chi connectivity index (χ3v) is 2.33. The van der Waals surface area contributed by atoms with Crippen molar-refractivity contribution < 1.29 is 4.74 Å². The van der Waals surface area contributed by atoms with Gasteiger partial charge in [-0.1, -0.05) is 28.7 Å². The molecule has 0 aromatic heterocycles. The van der Waals surface area contributed by atoms with Crippen LogP contribution in [0.4, 0.5) is 0 Å². The summed E-state index contributed by atoms with van der Waals surface area (Å²) >= 11 is 1.88. The number of rotatable bonds is 2. The van der Waals surface area contributed by atoms with Gasteiger partial charge in [-0.05, 0) is 39.2 Å². The first-order chi connectivity index (χ1) is 6.81. The minimum Gasteiger partial charge on any atom is -0.382 e. The van der Waals surface area contributed by atoms with Gasteiger partial charge in [0.2, 0.25) is 0 Å². The fourth-order valence-electron chi connectivity index (χ4n) is 0. The van der Waals surface area contributed by atoms with Crippen LogP contribution in [0.1, 0.15) is 56.4 Å². The zero-order chi connectivity index (χ0) is 12.9. The summed E-state index contributed by atoms with van der Waals surface area (Å²) < 4.78 is 4.75. The molecule has 2 nitrogen and oxygen atoms in total. The highest BCUT2D eigenvalue weighted by Gasteiger charge is 1.80. The highest BCUT2D eigenvalue weighted by Crippen LogP contribution is 2.00. The Labute approximate surface area is 116 Å². The van der Waals surface area contributed by atoms with E-state index in [0.717, 1.165) is 11.0 Å². The van der Waals surface area contributed by atoms with E-state index in [0.29, 0.717) is 6.10 Å². The molecule has 0 fully saturated rings. The van der Waals surface area contributed by atoms with Gasteiger partial charge in [-0.3, -0.25) is 4.99 Å². The van der Waals surface area contributed by atoms with E-state index >= 15 is 0 Å². The molecule has 0 saturated carbocycles. The minimum atomic E-state index is 0. The molecule has 17 heavy (non-hydrogen) atoms. The van der Waals surface area contributed by atoms with Crippen LogP contribution in [0.25, 0.3) is 0 Å². The van der Waals surface area contributed by atoms with Crippen molar-refractivity contribution in [1.82, 2.24) is 0 Å². The molecule has 0 aromatic rings. The molecule has 0 bridgehead atoms. The summed E-state index contributed by atoms with van der Waals surface area (Å²) in [5.74, 6) is 0. The van der Waals surface area contributed by atoms with Gasteiger partial charge in [0.15, 0.2) is 0 Å². The molecular formula is C14H37NOS. The van der Waals surface area contributed by atoms with Crippen LogP contribution in [-0.2, 0) is 4.74 Å². The van der Waals surface area contributed by atoms with Crippen LogP contribution in [0.15, 0.2) is 4.99 Å². The Morgan fingerprint density at radius 2 is 1.24 bits per heavy atom. The van der Waals surface area contributed by atoms with Crippen molar-refractivity contribution in [2.75, 3.05) is 20.4 Å². The van der Waals surface area contributed by atoms with Gasteiger partial charge in [0.1, 0.15) is 0 Å². The van der Waals surface area contributed by atoms with Crippen LogP contribution in [0.2, 0.25) is 0 Å². The van der Waals surface area contributed by atoms with Gasteiger partial charge in [0.05, 0.1) is 6.10 Å². The van der Waals surface area contributed by atoms with Gasteiger partial charge in [-0.25, -0.2) is 0 Å². The van der Waals surface area contributed by atoms with Crippen molar-refractivity contribution >= 4 is 17.5 Å². The summed E-state index contributed by atoms with van der Waals surface area (Å²) in [7, 11) is 3.49. The van der Waals surface area contributed by atoms with E-state index < -0.39 is 0 Å². The molecule has 3 heteroatoms. The third kappa shape index (κ3) is 87.3.